The van der Waals surface area contributed by atoms with Crippen LogP contribution in [0.3, 0.4) is 0 Å². The Kier molecular flexibility index (Phi) is 5.77. The number of benzene rings is 1. The molecule has 19 heavy (non-hydrogen) atoms. The molecule has 0 atom stereocenters. The van der Waals surface area contributed by atoms with Crippen LogP contribution in [0.2, 0.25) is 0 Å². The first-order valence-corrected chi connectivity index (χ1v) is 8.14. The van der Waals surface area contributed by atoms with Crippen molar-refractivity contribution >= 4 is 21.6 Å². The Hall–Kier alpha value is -0.650. The first kappa shape index (κ1) is 16.4. The summed E-state index contributed by atoms with van der Waals surface area (Å²) in [6.45, 7) is 6.51. The molecule has 0 radical (unpaired) electrons. The number of sulfonamides is 1. The van der Waals surface area contributed by atoms with Crippen molar-refractivity contribution in [2.24, 2.45) is 5.92 Å². The number of halogens is 2. The molecule has 0 spiro atoms. The molecular weight excluding hydrogens is 289 g/mol. The van der Waals surface area contributed by atoms with Gasteiger partial charge in [0, 0.05) is 18.7 Å². The summed E-state index contributed by atoms with van der Waals surface area (Å²) in [7, 11) is -3.59. The van der Waals surface area contributed by atoms with Crippen LogP contribution < -0.4 is 0 Å². The Morgan fingerprint density at radius 3 is 2.47 bits per heavy atom. The second kappa shape index (κ2) is 6.68. The average Bonchev–Trinajstić information content (AvgIpc) is 2.35. The van der Waals surface area contributed by atoms with Gasteiger partial charge in [0.1, 0.15) is 5.82 Å². The molecule has 0 aromatic heterocycles. The van der Waals surface area contributed by atoms with Gasteiger partial charge in [-0.15, -0.1) is 11.6 Å². The summed E-state index contributed by atoms with van der Waals surface area (Å²) < 4.78 is 39.6. The largest absolute Gasteiger partial charge is 0.243 e. The molecule has 1 aromatic carbocycles. The minimum absolute atomic E-state index is 0.0501. The molecule has 0 saturated heterocycles. The van der Waals surface area contributed by atoms with Crippen LogP contribution in [0, 0.1) is 11.7 Å². The summed E-state index contributed by atoms with van der Waals surface area (Å²) >= 11 is 5.60. The van der Waals surface area contributed by atoms with Gasteiger partial charge in [0.2, 0.25) is 10.0 Å². The topological polar surface area (TPSA) is 37.4 Å². The van der Waals surface area contributed by atoms with E-state index in [1.165, 1.54) is 16.4 Å². The van der Waals surface area contributed by atoms with E-state index in [4.69, 9.17) is 11.6 Å². The third kappa shape index (κ3) is 3.91. The minimum atomic E-state index is -3.59. The molecule has 0 saturated carbocycles. The fraction of sp³-hybridized carbons (Fsp3) is 0.538. The predicted molar refractivity (Wildman–Crippen MR) is 75.2 cm³/mol. The van der Waals surface area contributed by atoms with E-state index < -0.39 is 15.8 Å². The maximum absolute atomic E-state index is 13.4. The Balaban J connectivity index is 3.18. The van der Waals surface area contributed by atoms with Crippen LogP contribution in [0.1, 0.15) is 26.3 Å². The van der Waals surface area contributed by atoms with Crippen molar-refractivity contribution in [1.82, 2.24) is 4.31 Å². The van der Waals surface area contributed by atoms with E-state index in [0.29, 0.717) is 13.1 Å². The van der Waals surface area contributed by atoms with E-state index in [1.807, 2.05) is 13.8 Å². The first-order valence-electron chi connectivity index (χ1n) is 6.17. The third-order valence-electron chi connectivity index (χ3n) is 2.72. The van der Waals surface area contributed by atoms with Crippen molar-refractivity contribution in [2.45, 2.75) is 31.5 Å². The van der Waals surface area contributed by atoms with Gasteiger partial charge in [-0.3, -0.25) is 0 Å². The lowest BCUT2D eigenvalue weighted by Crippen LogP contribution is -2.34. The maximum Gasteiger partial charge on any atom is 0.243 e. The molecule has 0 N–H and O–H groups in total. The molecular formula is C13H19ClFNO2S. The lowest BCUT2D eigenvalue weighted by molar-refractivity contribution is 0.381. The molecule has 0 amide bonds. The molecule has 3 nitrogen and oxygen atoms in total. The highest BCUT2D eigenvalue weighted by Crippen LogP contribution is 2.21. The summed E-state index contributed by atoms with van der Waals surface area (Å²) in [6.07, 6.45) is 0. The quantitative estimate of drug-likeness (QED) is 0.757. The molecule has 1 rings (SSSR count). The smallest absolute Gasteiger partial charge is 0.207 e. The van der Waals surface area contributed by atoms with Gasteiger partial charge in [-0.2, -0.15) is 4.31 Å². The Labute approximate surface area is 119 Å². The lowest BCUT2D eigenvalue weighted by Gasteiger charge is -2.22. The number of nitrogens with zero attached hydrogens (tertiary/aromatic N) is 1. The molecule has 6 heteroatoms. The molecule has 0 fully saturated rings. The normalized spacial score (nSPS) is 12.4. The van der Waals surface area contributed by atoms with Gasteiger partial charge < -0.3 is 0 Å². The number of rotatable bonds is 6. The summed E-state index contributed by atoms with van der Waals surface area (Å²) in [5.41, 5.74) is 0.198. The van der Waals surface area contributed by atoms with Gasteiger partial charge in [-0.1, -0.05) is 20.8 Å². The van der Waals surface area contributed by atoms with Crippen LogP contribution >= 0.6 is 11.6 Å². The Morgan fingerprint density at radius 2 is 2.00 bits per heavy atom. The minimum Gasteiger partial charge on any atom is -0.207 e. The fourth-order valence-corrected chi connectivity index (χ4v) is 3.64. The van der Waals surface area contributed by atoms with Gasteiger partial charge in [0.15, 0.2) is 0 Å². The summed E-state index contributed by atoms with van der Waals surface area (Å²) in [5.74, 6) is -0.311. The highest BCUT2D eigenvalue weighted by molar-refractivity contribution is 7.89. The van der Waals surface area contributed by atoms with Crippen molar-refractivity contribution in [3.05, 3.63) is 29.6 Å². The van der Waals surface area contributed by atoms with Crippen LogP contribution in [0.5, 0.6) is 0 Å². The predicted octanol–water partition coefficient (Wildman–Crippen LogP) is 3.23. The Bertz CT molecular complexity index is 531. The van der Waals surface area contributed by atoms with Crippen molar-refractivity contribution in [3.63, 3.8) is 0 Å². The number of hydrogen-bond donors (Lipinski definition) is 0. The number of alkyl halides is 1. The fourth-order valence-electron chi connectivity index (χ4n) is 1.77. The number of hydrogen-bond acceptors (Lipinski definition) is 2. The van der Waals surface area contributed by atoms with E-state index in [1.54, 1.807) is 6.92 Å². The highest BCUT2D eigenvalue weighted by atomic mass is 35.5. The van der Waals surface area contributed by atoms with Crippen molar-refractivity contribution < 1.29 is 12.8 Å². The standard InChI is InChI=1S/C13H19ClFNO2S/c1-4-16(9-10(2)3)19(17,18)12-5-6-13(15)11(7-12)8-14/h5-7,10H,4,8-9H2,1-3H3. The van der Waals surface area contributed by atoms with Crippen LogP contribution in [0.4, 0.5) is 4.39 Å². The van der Waals surface area contributed by atoms with Gasteiger partial charge in [-0.05, 0) is 24.1 Å². The van der Waals surface area contributed by atoms with Gasteiger partial charge in [0.05, 0.1) is 10.8 Å². The van der Waals surface area contributed by atoms with Crippen LogP contribution in [0.15, 0.2) is 23.1 Å². The van der Waals surface area contributed by atoms with Crippen LogP contribution in [-0.2, 0) is 15.9 Å². The zero-order valence-corrected chi connectivity index (χ0v) is 12.9. The summed E-state index contributed by atoms with van der Waals surface area (Å²) in [5, 5.41) is 0. The van der Waals surface area contributed by atoms with Crippen LogP contribution in [0.25, 0.3) is 0 Å². The molecule has 0 bridgehead atoms. The zero-order valence-electron chi connectivity index (χ0n) is 11.4. The Morgan fingerprint density at radius 1 is 1.37 bits per heavy atom. The van der Waals surface area contributed by atoms with Crippen molar-refractivity contribution in [1.29, 1.82) is 0 Å². The molecule has 0 unspecified atom stereocenters. The second-order valence-corrected chi connectivity index (χ2v) is 6.94. The van der Waals surface area contributed by atoms with E-state index in [0.717, 1.165) is 6.07 Å². The zero-order chi connectivity index (χ0) is 14.6. The average molecular weight is 308 g/mol. The summed E-state index contributed by atoms with van der Waals surface area (Å²) in [6, 6.07) is 3.73. The van der Waals surface area contributed by atoms with Gasteiger partial charge in [-0.25, -0.2) is 12.8 Å². The molecule has 1 aromatic rings. The van der Waals surface area contributed by atoms with E-state index in [9.17, 15) is 12.8 Å². The molecule has 108 valence electrons. The molecule has 0 aliphatic carbocycles. The SMILES string of the molecule is CCN(CC(C)C)S(=O)(=O)c1ccc(F)c(CCl)c1. The van der Waals surface area contributed by atoms with Crippen molar-refractivity contribution in [3.8, 4) is 0 Å². The van der Waals surface area contributed by atoms with E-state index in [2.05, 4.69) is 0 Å². The van der Waals surface area contributed by atoms with E-state index >= 15 is 0 Å². The van der Waals surface area contributed by atoms with Crippen molar-refractivity contribution in [2.75, 3.05) is 13.1 Å². The lowest BCUT2D eigenvalue weighted by atomic mass is 10.2. The third-order valence-corrected chi connectivity index (χ3v) is 4.95. The molecule has 0 heterocycles. The highest BCUT2D eigenvalue weighted by Gasteiger charge is 2.24. The second-order valence-electron chi connectivity index (χ2n) is 4.74. The molecule has 0 aliphatic rings. The van der Waals surface area contributed by atoms with Gasteiger partial charge >= 0.3 is 0 Å². The maximum atomic E-state index is 13.4. The van der Waals surface area contributed by atoms with Gasteiger partial charge in [0.25, 0.3) is 0 Å². The molecule has 0 aliphatic heterocycles. The van der Waals surface area contributed by atoms with E-state index in [-0.39, 0.29) is 22.3 Å². The summed E-state index contributed by atoms with van der Waals surface area (Å²) in [4.78, 5) is 0.0899. The van der Waals surface area contributed by atoms with Crippen LogP contribution in [-0.4, -0.2) is 25.8 Å². The monoisotopic (exact) mass is 307 g/mol. The first-order chi connectivity index (χ1) is 8.82.